The van der Waals surface area contributed by atoms with E-state index in [-0.39, 0.29) is 5.84 Å². The molecule has 3 heteroatoms. The number of aryl methyl sites for hydroxylation is 1. The zero-order valence-electron chi connectivity index (χ0n) is 11.5. The molecule has 1 fully saturated rings. The molecule has 1 atom stereocenters. The molecule has 0 amide bonds. The van der Waals surface area contributed by atoms with E-state index < -0.39 is 0 Å². The largest absolute Gasteiger partial charge is 0.384 e. The number of nitrogen functional groups attached to an aromatic ring is 1. The third-order valence-corrected chi connectivity index (χ3v) is 3.88. The lowest BCUT2D eigenvalue weighted by atomic mass is 9.99. The van der Waals surface area contributed by atoms with Gasteiger partial charge in [0, 0.05) is 18.2 Å². The summed E-state index contributed by atoms with van der Waals surface area (Å²) < 4.78 is 0. The van der Waals surface area contributed by atoms with Gasteiger partial charge in [0.25, 0.3) is 0 Å². The third-order valence-electron chi connectivity index (χ3n) is 3.88. The second-order valence-electron chi connectivity index (χ2n) is 5.53. The zero-order valence-corrected chi connectivity index (χ0v) is 11.5. The van der Waals surface area contributed by atoms with E-state index in [1.807, 2.05) is 12.1 Å². The number of hydrogen-bond acceptors (Lipinski definition) is 2. The van der Waals surface area contributed by atoms with Crippen LogP contribution in [-0.2, 0) is 0 Å². The fourth-order valence-corrected chi connectivity index (χ4v) is 3.02. The second-order valence-corrected chi connectivity index (χ2v) is 5.53. The molecule has 3 N–H and O–H groups in total. The molecule has 1 aromatic carbocycles. The van der Waals surface area contributed by atoms with Crippen LogP contribution in [0, 0.1) is 18.3 Å². The molecular formula is C15H23N3. The maximum Gasteiger partial charge on any atom is 0.124 e. The van der Waals surface area contributed by atoms with Crippen LogP contribution in [0.15, 0.2) is 18.2 Å². The van der Waals surface area contributed by atoms with Crippen molar-refractivity contribution in [1.29, 1.82) is 5.41 Å². The van der Waals surface area contributed by atoms with E-state index in [0.29, 0.717) is 12.0 Å². The highest BCUT2D eigenvalue weighted by atomic mass is 15.2. The molecule has 0 bridgehead atoms. The molecule has 1 aromatic rings. The van der Waals surface area contributed by atoms with Crippen molar-refractivity contribution in [1.82, 2.24) is 0 Å². The average Bonchev–Trinajstić information content (AvgIpc) is 2.77. The molecule has 1 aliphatic heterocycles. The van der Waals surface area contributed by atoms with Crippen LogP contribution in [-0.4, -0.2) is 18.4 Å². The third kappa shape index (κ3) is 2.22. The van der Waals surface area contributed by atoms with Crippen LogP contribution in [0.4, 0.5) is 5.69 Å². The fraction of sp³-hybridized carbons (Fsp3) is 0.533. The predicted molar refractivity (Wildman–Crippen MR) is 77.4 cm³/mol. The number of amidine groups is 1. The quantitative estimate of drug-likeness (QED) is 0.635. The van der Waals surface area contributed by atoms with Crippen molar-refractivity contribution in [3.05, 3.63) is 29.3 Å². The summed E-state index contributed by atoms with van der Waals surface area (Å²) in [7, 11) is 0. The standard InChI is InChI=1S/C15H23N3/c1-10(2)13-8-5-9-18(13)14-11(3)6-4-7-12(14)15(16)17/h4,6-7,10,13H,5,8-9H2,1-3H3,(H3,16,17). The van der Waals surface area contributed by atoms with E-state index in [4.69, 9.17) is 11.1 Å². The van der Waals surface area contributed by atoms with Gasteiger partial charge in [0.15, 0.2) is 0 Å². The number of rotatable bonds is 3. The number of hydrogen-bond donors (Lipinski definition) is 2. The molecule has 98 valence electrons. The van der Waals surface area contributed by atoms with Crippen LogP contribution >= 0.6 is 0 Å². The Balaban J connectivity index is 2.46. The van der Waals surface area contributed by atoms with E-state index in [1.165, 1.54) is 24.1 Å². The van der Waals surface area contributed by atoms with Crippen LogP contribution in [0.25, 0.3) is 0 Å². The Kier molecular flexibility index (Phi) is 3.60. The normalized spacial score (nSPS) is 19.6. The first kappa shape index (κ1) is 12.9. The van der Waals surface area contributed by atoms with Crippen molar-refractivity contribution in [2.24, 2.45) is 11.7 Å². The van der Waals surface area contributed by atoms with E-state index in [0.717, 1.165) is 12.1 Å². The first-order valence-electron chi connectivity index (χ1n) is 6.73. The molecule has 0 saturated carbocycles. The summed E-state index contributed by atoms with van der Waals surface area (Å²) in [5, 5.41) is 7.76. The molecule has 1 heterocycles. The van der Waals surface area contributed by atoms with E-state index in [1.54, 1.807) is 0 Å². The summed E-state index contributed by atoms with van der Waals surface area (Å²) in [5.74, 6) is 0.801. The summed E-state index contributed by atoms with van der Waals surface area (Å²) in [6.07, 6.45) is 2.47. The Labute approximate surface area is 109 Å². The van der Waals surface area contributed by atoms with Gasteiger partial charge in [0.1, 0.15) is 5.84 Å². The number of nitrogens with one attached hydrogen (secondary N) is 1. The van der Waals surface area contributed by atoms with Crippen LogP contribution in [0.5, 0.6) is 0 Å². The smallest absolute Gasteiger partial charge is 0.124 e. The van der Waals surface area contributed by atoms with Crippen LogP contribution in [0.1, 0.15) is 37.8 Å². The Morgan fingerprint density at radius 3 is 2.78 bits per heavy atom. The van der Waals surface area contributed by atoms with Crippen molar-refractivity contribution >= 4 is 11.5 Å². The maximum atomic E-state index is 7.76. The zero-order chi connectivity index (χ0) is 13.3. The highest BCUT2D eigenvalue weighted by molar-refractivity contribution is 6.01. The molecule has 0 radical (unpaired) electrons. The molecule has 18 heavy (non-hydrogen) atoms. The van der Waals surface area contributed by atoms with Crippen molar-refractivity contribution in [2.45, 2.75) is 39.7 Å². The summed E-state index contributed by atoms with van der Waals surface area (Å²) in [6.45, 7) is 7.73. The molecule has 2 rings (SSSR count). The molecule has 1 saturated heterocycles. The Morgan fingerprint density at radius 2 is 2.17 bits per heavy atom. The monoisotopic (exact) mass is 245 g/mol. The minimum atomic E-state index is 0.170. The summed E-state index contributed by atoms with van der Waals surface area (Å²) >= 11 is 0. The van der Waals surface area contributed by atoms with Gasteiger partial charge < -0.3 is 10.6 Å². The predicted octanol–water partition coefficient (Wildman–Crippen LogP) is 2.90. The Morgan fingerprint density at radius 1 is 1.44 bits per heavy atom. The minimum Gasteiger partial charge on any atom is -0.384 e. The number of para-hydroxylation sites is 1. The van der Waals surface area contributed by atoms with Gasteiger partial charge in [-0.3, -0.25) is 5.41 Å². The van der Waals surface area contributed by atoms with Crippen LogP contribution < -0.4 is 10.6 Å². The van der Waals surface area contributed by atoms with E-state index in [9.17, 15) is 0 Å². The highest BCUT2D eigenvalue weighted by Crippen LogP contribution is 2.34. The number of benzene rings is 1. The van der Waals surface area contributed by atoms with Gasteiger partial charge in [-0.1, -0.05) is 26.0 Å². The van der Waals surface area contributed by atoms with Crippen LogP contribution in [0.3, 0.4) is 0 Å². The number of nitrogens with two attached hydrogens (primary N) is 1. The molecule has 0 spiro atoms. The van der Waals surface area contributed by atoms with Gasteiger partial charge >= 0.3 is 0 Å². The lowest BCUT2D eigenvalue weighted by molar-refractivity contribution is 0.491. The van der Waals surface area contributed by atoms with Crippen molar-refractivity contribution in [2.75, 3.05) is 11.4 Å². The first-order chi connectivity index (χ1) is 8.52. The molecule has 0 aliphatic carbocycles. The average molecular weight is 245 g/mol. The lowest BCUT2D eigenvalue weighted by Gasteiger charge is -2.32. The van der Waals surface area contributed by atoms with Gasteiger partial charge in [-0.05, 0) is 37.3 Å². The van der Waals surface area contributed by atoms with Gasteiger partial charge in [-0.2, -0.15) is 0 Å². The van der Waals surface area contributed by atoms with Gasteiger partial charge in [0.2, 0.25) is 0 Å². The topological polar surface area (TPSA) is 53.1 Å². The Bertz CT molecular complexity index is 451. The molecule has 0 aromatic heterocycles. The Hall–Kier alpha value is -1.51. The van der Waals surface area contributed by atoms with Crippen LogP contribution in [0.2, 0.25) is 0 Å². The van der Waals surface area contributed by atoms with Crippen molar-refractivity contribution in [3.63, 3.8) is 0 Å². The van der Waals surface area contributed by atoms with Crippen molar-refractivity contribution in [3.8, 4) is 0 Å². The van der Waals surface area contributed by atoms with Gasteiger partial charge in [-0.15, -0.1) is 0 Å². The summed E-state index contributed by atoms with van der Waals surface area (Å²) in [5.41, 5.74) is 8.99. The fourth-order valence-electron chi connectivity index (χ4n) is 3.02. The highest BCUT2D eigenvalue weighted by Gasteiger charge is 2.29. The molecule has 3 nitrogen and oxygen atoms in total. The summed E-state index contributed by atoms with van der Waals surface area (Å²) in [6, 6.07) is 6.62. The van der Waals surface area contributed by atoms with E-state index in [2.05, 4.69) is 31.7 Å². The SMILES string of the molecule is Cc1cccc(C(=N)N)c1N1CCCC1C(C)C. The minimum absolute atomic E-state index is 0.170. The maximum absolute atomic E-state index is 7.76. The van der Waals surface area contributed by atoms with Gasteiger partial charge in [-0.25, -0.2) is 0 Å². The first-order valence-corrected chi connectivity index (χ1v) is 6.73. The number of anilines is 1. The van der Waals surface area contributed by atoms with E-state index >= 15 is 0 Å². The lowest BCUT2D eigenvalue weighted by Crippen LogP contribution is -2.35. The second kappa shape index (κ2) is 5.01. The molecule has 1 unspecified atom stereocenters. The summed E-state index contributed by atoms with van der Waals surface area (Å²) in [4.78, 5) is 2.46. The molecular weight excluding hydrogens is 222 g/mol. The van der Waals surface area contributed by atoms with Crippen molar-refractivity contribution < 1.29 is 0 Å². The number of nitrogens with zero attached hydrogens (tertiary/aromatic N) is 1. The van der Waals surface area contributed by atoms with Gasteiger partial charge in [0.05, 0.1) is 5.69 Å². The molecule has 1 aliphatic rings.